The Kier molecular flexibility index (Phi) is 2.58. The summed E-state index contributed by atoms with van der Waals surface area (Å²) in [5.41, 5.74) is 0.233. The lowest BCUT2D eigenvalue weighted by atomic mass is 10.1. The molecular weight excluding hydrogens is 239 g/mol. The highest BCUT2D eigenvalue weighted by Crippen LogP contribution is 2.22. The normalized spacial score (nSPS) is 20.0. The molecule has 1 fully saturated rings. The van der Waals surface area contributed by atoms with E-state index in [1.165, 1.54) is 12.1 Å². The van der Waals surface area contributed by atoms with Gasteiger partial charge in [-0.25, -0.2) is 4.39 Å². The number of hydrogen-bond acceptors (Lipinski definition) is 2. The zero-order valence-electron chi connectivity index (χ0n) is 7.38. The van der Waals surface area contributed by atoms with Gasteiger partial charge in [0.2, 0.25) is 0 Å². The molecule has 1 aliphatic heterocycles. The molecule has 1 unspecified atom stereocenters. The molecule has 15 heavy (non-hydrogen) atoms. The van der Waals surface area contributed by atoms with Crippen LogP contribution in [0, 0.1) is 5.82 Å². The molecule has 6 heteroatoms. The molecule has 0 saturated carbocycles. The molecule has 1 atom stereocenters. The summed E-state index contributed by atoms with van der Waals surface area (Å²) in [6.45, 7) is 0. The Balaban J connectivity index is 2.38. The number of nitrogens with one attached hydrogen (secondary N) is 2. The van der Waals surface area contributed by atoms with E-state index >= 15 is 0 Å². The molecule has 1 amide bonds. The van der Waals surface area contributed by atoms with Gasteiger partial charge in [-0.05, 0) is 24.4 Å². The van der Waals surface area contributed by atoms with E-state index in [1.54, 1.807) is 0 Å². The van der Waals surface area contributed by atoms with Gasteiger partial charge in [-0.1, -0.05) is 17.7 Å². The summed E-state index contributed by atoms with van der Waals surface area (Å²) in [5, 5.41) is 5.55. The first-order chi connectivity index (χ1) is 7.08. The minimum atomic E-state index is -0.769. The highest BCUT2D eigenvalue weighted by atomic mass is 35.5. The van der Waals surface area contributed by atoms with Crippen molar-refractivity contribution in [3.8, 4) is 0 Å². The van der Waals surface area contributed by atoms with Crippen molar-refractivity contribution in [2.24, 2.45) is 0 Å². The number of halogens is 2. The number of carbonyl (C=O) groups is 1. The van der Waals surface area contributed by atoms with E-state index in [0.717, 1.165) is 6.07 Å². The maximum absolute atomic E-state index is 13.5. The van der Waals surface area contributed by atoms with E-state index < -0.39 is 11.9 Å². The Labute approximate surface area is 95.6 Å². The summed E-state index contributed by atoms with van der Waals surface area (Å²) in [4.78, 5) is 11.4. The molecule has 1 aromatic rings. The van der Waals surface area contributed by atoms with Crippen molar-refractivity contribution in [2.45, 2.75) is 6.04 Å². The zero-order chi connectivity index (χ0) is 11.0. The lowest BCUT2D eigenvalue weighted by Crippen LogP contribution is -2.21. The lowest BCUT2D eigenvalue weighted by molar-refractivity contribution is -0.120. The predicted molar refractivity (Wildman–Crippen MR) is 58.0 cm³/mol. The predicted octanol–water partition coefficient (Wildman–Crippen LogP) is 1.52. The minimum absolute atomic E-state index is 0.208. The summed E-state index contributed by atoms with van der Waals surface area (Å²) in [6.07, 6.45) is 0. The standard InChI is InChI=1S/C9H6ClFN2OS/c10-4-1-2-5(6(11)3-4)7-8(14)13-9(15)12-7/h1-3,7H,(H2,12,13,14,15). The van der Waals surface area contributed by atoms with Gasteiger partial charge in [0.05, 0.1) is 0 Å². The fourth-order valence-corrected chi connectivity index (χ4v) is 1.75. The summed E-state index contributed by atoms with van der Waals surface area (Å²) in [7, 11) is 0. The van der Waals surface area contributed by atoms with Crippen LogP contribution in [0.2, 0.25) is 5.02 Å². The summed E-state index contributed by atoms with van der Waals surface area (Å²) in [6, 6.07) is 3.38. The average molecular weight is 245 g/mol. The Morgan fingerprint density at radius 3 is 2.73 bits per heavy atom. The van der Waals surface area contributed by atoms with E-state index in [1.807, 2.05) is 0 Å². The highest BCUT2D eigenvalue weighted by Gasteiger charge is 2.30. The number of rotatable bonds is 1. The second-order valence-electron chi connectivity index (χ2n) is 3.06. The van der Waals surface area contributed by atoms with Gasteiger partial charge in [-0.3, -0.25) is 4.79 Å². The molecule has 1 saturated heterocycles. The van der Waals surface area contributed by atoms with Crippen molar-refractivity contribution in [2.75, 3.05) is 0 Å². The van der Waals surface area contributed by atoms with Crippen LogP contribution in [-0.2, 0) is 4.79 Å². The summed E-state index contributed by atoms with van der Waals surface area (Å²) < 4.78 is 13.5. The van der Waals surface area contributed by atoms with Crippen LogP contribution in [0.25, 0.3) is 0 Å². The third kappa shape index (κ3) is 1.93. The van der Waals surface area contributed by atoms with Crippen molar-refractivity contribution < 1.29 is 9.18 Å². The van der Waals surface area contributed by atoms with Gasteiger partial charge in [0.25, 0.3) is 5.91 Å². The van der Waals surface area contributed by atoms with Gasteiger partial charge in [0.1, 0.15) is 11.9 Å². The van der Waals surface area contributed by atoms with Crippen molar-refractivity contribution in [3.63, 3.8) is 0 Å². The topological polar surface area (TPSA) is 41.1 Å². The van der Waals surface area contributed by atoms with E-state index in [4.69, 9.17) is 23.8 Å². The van der Waals surface area contributed by atoms with Gasteiger partial charge < -0.3 is 10.6 Å². The molecule has 3 nitrogen and oxygen atoms in total. The van der Waals surface area contributed by atoms with Crippen molar-refractivity contribution in [3.05, 3.63) is 34.6 Å². The molecular formula is C9H6ClFN2OS. The number of thiocarbonyl (C=S) groups is 1. The van der Waals surface area contributed by atoms with Crippen molar-refractivity contribution in [1.29, 1.82) is 0 Å². The summed E-state index contributed by atoms with van der Waals surface area (Å²) >= 11 is 10.4. The van der Waals surface area contributed by atoms with Gasteiger partial charge >= 0.3 is 0 Å². The van der Waals surface area contributed by atoms with Crippen LogP contribution in [0.3, 0.4) is 0 Å². The first-order valence-corrected chi connectivity index (χ1v) is 4.93. The monoisotopic (exact) mass is 244 g/mol. The third-order valence-electron chi connectivity index (χ3n) is 2.05. The van der Waals surface area contributed by atoms with E-state index in [-0.39, 0.29) is 21.6 Å². The van der Waals surface area contributed by atoms with Gasteiger partial charge in [0, 0.05) is 10.6 Å². The SMILES string of the molecule is O=C1NC(=S)NC1c1ccc(Cl)cc1F. The largest absolute Gasteiger partial charge is 0.347 e. The Morgan fingerprint density at radius 2 is 2.20 bits per heavy atom. The van der Waals surface area contributed by atoms with E-state index in [2.05, 4.69) is 10.6 Å². The molecule has 1 aliphatic rings. The molecule has 2 rings (SSSR count). The maximum Gasteiger partial charge on any atom is 0.253 e. The minimum Gasteiger partial charge on any atom is -0.347 e. The third-order valence-corrected chi connectivity index (χ3v) is 2.50. The first-order valence-electron chi connectivity index (χ1n) is 4.14. The first kappa shape index (κ1) is 10.3. The van der Waals surface area contributed by atoms with Crippen LogP contribution < -0.4 is 10.6 Å². The van der Waals surface area contributed by atoms with Crippen molar-refractivity contribution >= 4 is 34.8 Å². The molecule has 0 spiro atoms. The second-order valence-corrected chi connectivity index (χ2v) is 3.91. The number of carbonyl (C=O) groups excluding carboxylic acids is 1. The van der Waals surface area contributed by atoms with E-state index in [0.29, 0.717) is 0 Å². The van der Waals surface area contributed by atoms with Crippen LogP contribution in [0.1, 0.15) is 11.6 Å². The lowest BCUT2D eigenvalue weighted by Gasteiger charge is -2.09. The quantitative estimate of drug-likeness (QED) is 0.736. The molecule has 0 aromatic heterocycles. The molecule has 0 aliphatic carbocycles. The molecule has 78 valence electrons. The van der Waals surface area contributed by atoms with Crippen LogP contribution in [0.15, 0.2) is 18.2 Å². The zero-order valence-corrected chi connectivity index (χ0v) is 8.95. The molecule has 1 aromatic carbocycles. The van der Waals surface area contributed by atoms with E-state index in [9.17, 15) is 9.18 Å². The van der Waals surface area contributed by atoms with Crippen LogP contribution in [-0.4, -0.2) is 11.0 Å². The summed E-state index contributed by atoms with van der Waals surface area (Å²) in [5.74, 6) is -0.888. The molecule has 0 radical (unpaired) electrons. The molecule has 0 bridgehead atoms. The maximum atomic E-state index is 13.5. The average Bonchev–Trinajstić information content (AvgIpc) is 2.45. The Bertz CT molecular complexity index is 452. The molecule has 1 heterocycles. The highest BCUT2D eigenvalue weighted by molar-refractivity contribution is 7.80. The van der Waals surface area contributed by atoms with Crippen molar-refractivity contribution in [1.82, 2.24) is 10.6 Å². The van der Waals surface area contributed by atoms with Gasteiger partial charge in [-0.2, -0.15) is 0 Å². The van der Waals surface area contributed by atoms with Crippen LogP contribution in [0.4, 0.5) is 4.39 Å². The fraction of sp³-hybridized carbons (Fsp3) is 0.111. The van der Waals surface area contributed by atoms with Gasteiger partial charge in [0.15, 0.2) is 5.11 Å². The second kappa shape index (κ2) is 3.75. The number of amides is 1. The molecule has 2 N–H and O–H groups in total. The van der Waals surface area contributed by atoms with Crippen LogP contribution >= 0.6 is 23.8 Å². The number of hydrogen-bond donors (Lipinski definition) is 2. The Morgan fingerprint density at radius 1 is 1.47 bits per heavy atom. The van der Waals surface area contributed by atoms with Gasteiger partial charge in [-0.15, -0.1) is 0 Å². The smallest absolute Gasteiger partial charge is 0.253 e. The Hall–Kier alpha value is -1.20. The fourth-order valence-electron chi connectivity index (χ4n) is 1.37. The van der Waals surface area contributed by atoms with Crippen LogP contribution in [0.5, 0.6) is 0 Å². The number of benzene rings is 1.